The van der Waals surface area contributed by atoms with E-state index in [1.54, 1.807) is 0 Å². The summed E-state index contributed by atoms with van der Waals surface area (Å²) >= 11 is 0. The number of unbranched alkanes of at least 4 members (excludes halogenated alkanes) is 24. The number of hydrogen-bond acceptors (Lipinski definition) is 6. The number of allylic oxidation sites excluding steroid dienone is 14. The van der Waals surface area contributed by atoms with E-state index >= 15 is 0 Å². The summed E-state index contributed by atoms with van der Waals surface area (Å²) in [6.45, 7) is 6.46. The van der Waals surface area contributed by atoms with Crippen LogP contribution in [0.25, 0.3) is 0 Å². The van der Waals surface area contributed by atoms with Crippen molar-refractivity contribution >= 4 is 17.9 Å². The second-order valence-corrected chi connectivity index (χ2v) is 18.1. The average molecular weight is 919 g/mol. The van der Waals surface area contributed by atoms with Crippen LogP contribution in [-0.2, 0) is 28.6 Å². The third-order valence-electron chi connectivity index (χ3n) is 11.6. The van der Waals surface area contributed by atoms with Gasteiger partial charge in [-0.1, -0.05) is 241 Å². The molecule has 6 nitrogen and oxygen atoms in total. The minimum absolute atomic E-state index is 0.106. The van der Waals surface area contributed by atoms with Gasteiger partial charge in [0.25, 0.3) is 0 Å². The molecular formula is C60H102O6. The number of esters is 3. The van der Waals surface area contributed by atoms with Gasteiger partial charge in [-0.05, 0) is 83.5 Å². The van der Waals surface area contributed by atoms with Crippen LogP contribution in [0.15, 0.2) is 85.1 Å². The van der Waals surface area contributed by atoms with Crippen molar-refractivity contribution in [3.8, 4) is 0 Å². The van der Waals surface area contributed by atoms with Gasteiger partial charge in [0.1, 0.15) is 13.2 Å². The lowest BCUT2D eigenvalue weighted by Crippen LogP contribution is -2.30. The van der Waals surface area contributed by atoms with E-state index in [2.05, 4.69) is 99.8 Å². The van der Waals surface area contributed by atoms with Gasteiger partial charge >= 0.3 is 17.9 Å². The molecule has 1 atom stereocenters. The lowest BCUT2D eigenvalue weighted by molar-refractivity contribution is -0.166. The molecule has 0 bridgehead atoms. The highest BCUT2D eigenvalue weighted by Crippen LogP contribution is 2.15. The molecule has 0 spiro atoms. The summed E-state index contributed by atoms with van der Waals surface area (Å²) in [5, 5.41) is 0. The Balaban J connectivity index is 4.49. The molecule has 0 heterocycles. The van der Waals surface area contributed by atoms with Gasteiger partial charge in [-0.2, -0.15) is 0 Å². The van der Waals surface area contributed by atoms with Gasteiger partial charge in [0.2, 0.25) is 0 Å². The van der Waals surface area contributed by atoms with Crippen molar-refractivity contribution in [2.75, 3.05) is 13.2 Å². The van der Waals surface area contributed by atoms with Crippen molar-refractivity contribution in [2.24, 2.45) is 0 Å². The summed E-state index contributed by atoms with van der Waals surface area (Å²) in [6, 6.07) is 0. The summed E-state index contributed by atoms with van der Waals surface area (Å²) < 4.78 is 16.8. The zero-order chi connectivity index (χ0) is 47.9. The van der Waals surface area contributed by atoms with Crippen molar-refractivity contribution < 1.29 is 28.6 Å². The largest absolute Gasteiger partial charge is 0.462 e. The van der Waals surface area contributed by atoms with Gasteiger partial charge in [0, 0.05) is 19.3 Å². The summed E-state index contributed by atoms with van der Waals surface area (Å²) in [5.41, 5.74) is 0. The maximum atomic E-state index is 12.8. The van der Waals surface area contributed by atoms with Gasteiger partial charge in [-0.3, -0.25) is 14.4 Å². The zero-order valence-electron chi connectivity index (χ0n) is 43.2. The third-order valence-corrected chi connectivity index (χ3v) is 11.6. The molecule has 66 heavy (non-hydrogen) atoms. The second-order valence-electron chi connectivity index (χ2n) is 18.1. The summed E-state index contributed by atoms with van der Waals surface area (Å²) in [6.07, 6.45) is 70.1. The van der Waals surface area contributed by atoms with E-state index in [-0.39, 0.29) is 31.6 Å². The van der Waals surface area contributed by atoms with Gasteiger partial charge in [0.05, 0.1) is 0 Å². The first-order valence-corrected chi connectivity index (χ1v) is 27.6. The highest BCUT2D eigenvalue weighted by molar-refractivity contribution is 5.71. The predicted molar refractivity (Wildman–Crippen MR) is 284 cm³/mol. The van der Waals surface area contributed by atoms with E-state index in [9.17, 15) is 14.4 Å². The van der Waals surface area contributed by atoms with Crippen LogP contribution in [0.3, 0.4) is 0 Å². The van der Waals surface area contributed by atoms with Gasteiger partial charge in [-0.15, -0.1) is 0 Å². The van der Waals surface area contributed by atoms with Crippen molar-refractivity contribution in [3.05, 3.63) is 85.1 Å². The molecule has 0 unspecified atom stereocenters. The monoisotopic (exact) mass is 919 g/mol. The SMILES string of the molecule is CC/C=C\C/C=C\C/C=C\C/C=C\C/C=C\C/C=C\CCC(=O)O[C@H](COC(=O)CCCCCCCCC/C=C\CCCCCCCC)COC(=O)CCCCCCCCCCCCCC. The Labute approximate surface area is 407 Å². The number of ether oxygens (including phenoxy) is 3. The Hall–Kier alpha value is -3.41. The van der Waals surface area contributed by atoms with Crippen LogP contribution < -0.4 is 0 Å². The molecule has 0 aliphatic rings. The molecule has 0 aromatic rings. The van der Waals surface area contributed by atoms with Crippen molar-refractivity contribution in [1.82, 2.24) is 0 Å². The van der Waals surface area contributed by atoms with Crippen molar-refractivity contribution in [3.63, 3.8) is 0 Å². The van der Waals surface area contributed by atoms with E-state index in [4.69, 9.17) is 14.2 Å². The van der Waals surface area contributed by atoms with Crippen molar-refractivity contribution in [2.45, 2.75) is 264 Å². The fourth-order valence-corrected chi connectivity index (χ4v) is 7.52. The standard InChI is InChI=1S/C60H102O6/c1-4-7-10-13-16-19-22-25-27-29-30-32-34-36-39-42-45-48-51-54-60(63)66-57(55-64-58(61)52-49-46-43-40-37-24-21-18-15-12-9-6-3)56-65-59(62)53-50-47-44-41-38-35-33-31-28-26-23-20-17-14-11-8-5-2/h7,10,16,19,25-28,30,32,36,39,45,48,57H,4-6,8-9,11-15,17-18,20-24,29,31,33-35,37-38,40-44,46-47,49-56H2,1-3H3/b10-7-,19-16-,27-25-,28-26-,32-30-,39-36-,48-45-/t57-/m0/s1. The Morgan fingerprint density at radius 2 is 0.621 bits per heavy atom. The first kappa shape index (κ1) is 62.6. The quantitative estimate of drug-likeness (QED) is 0.0262. The van der Waals surface area contributed by atoms with Crippen LogP contribution in [0.2, 0.25) is 0 Å². The Morgan fingerprint density at radius 3 is 0.985 bits per heavy atom. The minimum atomic E-state index is -0.817. The third kappa shape index (κ3) is 51.6. The summed E-state index contributed by atoms with van der Waals surface area (Å²) in [7, 11) is 0. The highest BCUT2D eigenvalue weighted by Gasteiger charge is 2.19. The van der Waals surface area contributed by atoms with E-state index in [0.717, 1.165) is 77.0 Å². The molecule has 0 radical (unpaired) electrons. The summed E-state index contributed by atoms with van der Waals surface area (Å²) in [5.74, 6) is -0.992. The minimum Gasteiger partial charge on any atom is -0.462 e. The first-order chi connectivity index (χ1) is 32.5. The molecular weight excluding hydrogens is 817 g/mol. The molecule has 378 valence electrons. The van der Waals surface area contributed by atoms with Crippen LogP contribution in [0.5, 0.6) is 0 Å². The van der Waals surface area contributed by atoms with Gasteiger partial charge in [0.15, 0.2) is 6.10 Å². The number of carbonyl (C=O) groups excluding carboxylic acids is 3. The van der Waals surface area contributed by atoms with Gasteiger partial charge in [-0.25, -0.2) is 0 Å². The topological polar surface area (TPSA) is 78.9 Å². The molecule has 0 N–H and O–H groups in total. The van der Waals surface area contributed by atoms with E-state index < -0.39 is 12.1 Å². The number of rotatable bonds is 49. The Bertz CT molecular complexity index is 1290. The maximum Gasteiger partial charge on any atom is 0.306 e. The van der Waals surface area contributed by atoms with Crippen molar-refractivity contribution in [1.29, 1.82) is 0 Å². The van der Waals surface area contributed by atoms with E-state index in [1.165, 1.54) is 135 Å². The Kier molecular flexibility index (Phi) is 51.4. The van der Waals surface area contributed by atoms with Crippen LogP contribution >= 0.6 is 0 Å². The first-order valence-electron chi connectivity index (χ1n) is 27.6. The average Bonchev–Trinajstić information content (AvgIpc) is 3.31. The number of hydrogen-bond donors (Lipinski definition) is 0. The molecule has 0 aliphatic carbocycles. The lowest BCUT2D eigenvalue weighted by atomic mass is 10.0. The smallest absolute Gasteiger partial charge is 0.306 e. The van der Waals surface area contributed by atoms with E-state index in [1.807, 2.05) is 6.08 Å². The zero-order valence-corrected chi connectivity index (χ0v) is 43.2. The van der Waals surface area contributed by atoms with Crippen LogP contribution in [0.4, 0.5) is 0 Å². The molecule has 0 aromatic carbocycles. The van der Waals surface area contributed by atoms with E-state index in [0.29, 0.717) is 19.3 Å². The lowest BCUT2D eigenvalue weighted by Gasteiger charge is -2.18. The highest BCUT2D eigenvalue weighted by atomic mass is 16.6. The summed E-state index contributed by atoms with van der Waals surface area (Å²) in [4.78, 5) is 38.0. The molecule has 0 aliphatic heterocycles. The molecule has 0 saturated carbocycles. The molecule has 0 saturated heterocycles. The maximum absolute atomic E-state index is 12.8. The molecule has 0 rings (SSSR count). The van der Waals surface area contributed by atoms with Gasteiger partial charge < -0.3 is 14.2 Å². The predicted octanol–water partition coefficient (Wildman–Crippen LogP) is 18.4. The fourth-order valence-electron chi connectivity index (χ4n) is 7.52. The van der Waals surface area contributed by atoms with Crippen LogP contribution in [0.1, 0.15) is 258 Å². The molecule has 0 aromatic heterocycles. The second kappa shape index (κ2) is 54.2. The molecule has 0 amide bonds. The number of carbonyl (C=O) groups is 3. The fraction of sp³-hybridized carbons (Fsp3) is 0.717. The molecule has 6 heteroatoms. The van der Waals surface area contributed by atoms with Crippen LogP contribution in [-0.4, -0.2) is 37.2 Å². The van der Waals surface area contributed by atoms with Crippen LogP contribution in [0, 0.1) is 0 Å². The normalized spacial score (nSPS) is 12.7. The Morgan fingerprint density at radius 1 is 0.318 bits per heavy atom. The molecule has 0 fully saturated rings.